The number of halogens is 1. The molecule has 24 heavy (non-hydrogen) atoms. The summed E-state index contributed by atoms with van der Waals surface area (Å²) in [4.78, 5) is 16.8. The standard InChI is InChI=1S/C20H17ClN2O/c1-14-7-9-15(10-8-14)19(17-5-3-11-22-13-17)23-20(24)16-4-2-6-18(21)12-16/h2-13,19H,1H3,(H,23,24)/t19-/m1/s1. The molecule has 3 nitrogen and oxygen atoms in total. The minimum atomic E-state index is -0.272. The van der Waals surface area contributed by atoms with Gasteiger partial charge in [0, 0.05) is 23.0 Å². The van der Waals surface area contributed by atoms with Crippen molar-refractivity contribution >= 4 is 17.5 Å². The lowest BCUT2D eigenvalue weighted by molar-refractivity contribution is 0.0943. The first-order valence-electron chi connectivity index (χ1n) is 7.66. The van der Waals surface area contributed by atoms with Crippen LogP contribution in [0.4, 0.5) is 0 Å². The first-order chi connectivity index (χ1) is 11.6. The third kappa shape index (κ3) is 3.81. The Labute approximate surface area is 146 Å². The maximum absolute atomic E-state index is 12.6. The molecule has 0 bridgehead atoms. The molecular formula is C20H17ClN2O. The third-order valence-electron chi connectivity index (χ3n) is 3.79. The minimum absolute atomic E-state index is 0.174. The summed E-state index contributed by atoms with van der Waals surface area (Å²) in [5, 5.41) is 3.61. The van der Waals surface area contributed by atoms with E-state index in [4.69, 9.17) is 11.6 Å². The van der Waals surface area contributed by atoms with Crippen LogP contribution in [0.15, 0.2) is 73.1 Å². The van der Waals surface area contributed by atoms with Crippen LogP contribution in [0.3, 0.4) is 0 Å². The Hall–Kier alpha value is -2.65. The van der Waals surface area contributed by atoms with Crippen LogP contribution in [0.25, 0.3) is 0 Å². The van der Waals surface area contributed by atoms with E-state index in [0.29, 0.717) is 10.6 Å². The van der Waals surface area contributed by atoms with Crippen molar-refractivity contribution in [1.29, 1.82) is 0 Å². The molecule has 1 N–H and O–H groups in total. The number of aromatic nitrogens is 1. The average Bonchev–Trinajstić information content (AvgIpc) is 2.61. The van der Waals surface area contributed by atoms with Gasteiger partial charge in [-0.3, -0.25) is 9.78 Å². The van der Waals surface area contributed by atoms with E-state index < -0.39 is 0 Å². The maximum Gasteiger partial charge on any atom is 0.252 e. The molecule has 0 saturated heterocycles. The van der Waals surface area contributed by atoms with E-state index in [1.165, 1.54) is 5.56 Å². The van der Waals surface area contributed by atoms with Gasteiger partial charge in [-0.05, 0) is 42.3 Å². The van der Waals surface area contributed by atoms with Crippen molar-refractivity contribution in [1.82, 2.24) is 10.3 Å². The molecule has 1 heterocycles. The number of amides is 1. The second-order valence-electron chi connectivity index (χ2n) is 5.61. The molecule has 3 aromatic rings. The largest absolute Gasteiger partial charge is 0.341 e. The summed E-state index contributed by atoms with van der Waals surface area (Å²) >= 11 is 5.99. The zero-order valence-electron chi connectivity index (χ0n) is 13.2. The number of nitrogens with one attached hydrogen (secondary N) is 1. The molecule has 1 atom stereocenters. The van der Waals surface area contributed by atoms with Crippen molar-refractivity contribution in [2.24, 2.45) is 0 Å². The lowest BCUT2D eigenvalue weighted by atomic mass is 9.98. The summed E-state index contributed by atoms with van der Waals surface area (Å²) in [5.74, 6) is -0.174. The fourth-order valence-electron chi connectivity index (χ4n) is 2.51. The molecule has 120 valence electrons. The number of carbonyl (C=O) groups excluding carboxylic acids is 1. The van der Waals surface area contributed by atoms with E-state index in [2.05, 4.69) is 10.3 Å². The summed E-state index contributed by atoms with van der Waals surface area (Å²) in [6.07, 6.45) is 3.48. The van der Waals surface area contributed by atoms with Crippen molar-refractivity contribution in [2.45, 2.75) is 13.0 Å². The number of nitrogens with zero attached hydrogens (tertiary/aromatic N) is 1. The molecule has 4 heteroatoms. The highest BCUT2D eigenvalue weighted by Crippen LogP contribution is 2.23. The molecule has 0 unspecified atom stereocenters. The predicted octanol–water partition coefficient (Wildman–Crippen LogP) is 4.56. The topological polar surface area (TPSA) is 42.0 Å². The average molecular weight is 337 g/mol. The molecule has 0 saturated carbocycles. The van der Waals surface area contributed by atoms with Crippen LogP contribution in [-0.4, -0.2) is 10.9 Å². The van der Waals surface area contributed by atoms with E-state index in [1.54, 1.807) is 36.7 Å². The van der Waals surface area contributed by atoms with Crippen molar-refractivity contribution < 1.29 is 4.79 Å². The van der Waals surface area contributed by atoms with Crippen molar-refractivity contribution in [2.75, 3.05) is 0 Å². The molecule has 3 rings (SSSR count). The highest BCUT2D eigenvalue weighted by atomic mass is 35.5. The number of carbonyl (C=O) groups is 1. The van der Waals surface area contributed by atoms with Crippen LogP contribution in [-0.2, 0) is 0 Å². The van der Waals surface area contributed by atoms with Crippen LogP contribution in [0.1, 0.15) is 33.1 Å². The minimum Gasteiger partial charge on any atom is -0.341 e. The van der Waals surface area contributed by atoms with Crippen LogP contribution in [0.5, 0.6) is 0 Å². The molecule has 1 amide bonds. The number of aryl methyl sites for hydroxylation is 1. The van der Waals surface area contributed by atoms with Gasteiger partial charge in [0.15, 0.2) is 0 Å². The van der Waals surface area contributed by atoms with Gasteiger partial charge < -0.3 is 5.32 Å². The monoisotopic (exact) mass is 336 g/mol. The Kier molecular flexibility index (Phi) is 4.92. The van der Waals surface area contributed by atoms with Crippen LogP contribution < -0.4 is 5.32 Å². The highest BCUT2D eigenvalue weighted by Gasteiger charge is 2.18. The van der Waals surface area contributed by atoms with Crippen molar-refractivity contribution in [3.63, 3.8) is 0 Å². The second-order valence-corrected chi connectivity index (χ2v) is 6.05. The number of hydrogen-bond donors (Lipinski definition) is 1. The summed E-state index contributed by atoms with van der Waals surface area (Å²) in [5.41, 5.74) is 3.63. The quantitative estimate of drug-likeness (QED) is 0.758. The van der Waals surface area contributed by atoms with Crippen LogP contribution in [0.2, 0.25) is 5.02 Å². The smallest absolute Gasteiger partial charge is 0.252 e. The molecular weight excluding hydrogens is 320 g/mol. The maximum atomic E-state index is 12.6. The van der Waals surface area contributed by atoms with E-state index in [1.807, 2.05) is 43.3 Å². The normalized spacial score (nSPS) is 11.8. The van der Waals surface area contributed by atoms with Crippen LogP contribution in [0, 0.1) is 6.92 Å². The lowest BCUT2D eigenvalue weighted by Gasteiger charge is -2.20. The zero-order valence-corrected chi connectivity index (χ0v) is 14.0. The molecule has 0 aliphatic carbocycles. The molecule has 0 radical (unpaired) electrons. The van der Waals surface area contributed by atoms with Gasteiger partial charge in [0.2, 0.25) is 0 Å². The van der Waals surface area contributed by atoms with Gasteiger partial charge in [0.05, 0.1) is 6.04 Å². The Bertz CT molecular complexity index is 832. The van der Waals surface area contributed by atoms with E-state index in [0.717, 1.165) is 11.1 Å². The third-order valence-corrected chi connectivity index (χ3v) is 4.03. The summed E-state index contributed by atoms with van der Waals surface area (Å²) < 4.78 is 0. The van der Waals surface area contributed by atoms with E-state index >= 15 is 0 Å². The Morgan fingerprint density at radius 3 is 2.50 bits per heavy atom. The summed E-state index contributed by atoms with van der Waals surface area (Å²) in [6.45, 7) is 2.04. The Morgan fingerprint density at radius 2 is 1.83 bits per heavy atom. The fourth-order valence-corrected chi connectivity index (χ4v) is 2.70. The lowest BCUT2D eigenvalue weighted by Crippen LogP contribution is -2.29. The highest BCUT2D eigenvalue weighted by molar-refractivity contribution is 6.30. The molecule has 1 aromatic heterocycles. The van der Waals surface area contributed by atoms with Gasteiger partial charge in [0.25, 0.3) is 5.91 Å². The van der Waals surface area contributed by atoms with E-state index in [-0.39, 0.29) is 11.9 Å². The summed E-state index contributed by atoms with van der Waals surface area (Å²) in [6, 6.07) is 18.6. The second kappa shape index (κ2) is 7.28. The predicted molar refractivity (Wildman–Crippen MR) is 96.2 cm³/mol. The van der Waals surface area contributed by atoms with Gasteiger partial charge >= 0.3 is 0 Å². The number of rotatable bonds is 4. The molecule has 0 spiro atoms. The van der Waals surface area contributed by atoms with Crippen LogP contribution >= 0.6 is 11.6 Å². The number of pyridine rings is 1. The number of benzene rings is 2. The van der Waals surface area contributed by atoms with Gasteiger partial charge in [-0.1, -0.05) is 53.6 Å². The van der Waals surface area contributed by atoms with Crippen molar-refractivity contribution in [3.05, 3.63) is 100 Å². The van der Waals surface area contributed by atoms with Gasteiger partial charge in [0.1, 0.15) is 0 Å². The fraction of sp³-hybridized carbons (Fsp3) is 0.100. The SMILES string of the molecule is Cc1ccc([C@@H](NC(=O)c2cccc(Cl)c2)c2cccnc2)cc1. The molecule has 0 fully saturated rings. The zero-order chi connectivity index (χ0) is 16.9. The van der Waals surface area contributed by atoms with Gasteiger partial charge in [-0.2, -0.15) is 0 Å². The first kappa shape index (κ1) is 16.2. The Morgan fingerprint density at radius 1 is 1.04 bits per heavy atom. The van der Waals surface area contributed by atoms with Crippen molar-refractivity contribution in [3.8, 4) is 0 Å². The molecule has 0 aliphatic heterocycles. The van der Waals surface area contributed by atoms with Gasteiger partial charge in [-0.25, -0.2) is 0 Å². The molecule has 2 aromatic carbocycles. The summed E-state index contributed by atoms with van der Waals surface area (Å²) in [7, 11) is 0. The number of hydrogen-bond acceptors (Lipinski definition) is 2. The molecule has 0 aliphatic rings. The first-order valence-corrected chi connectivity index (χ1v) is 8.04. The van der Waals surface area contributed by atoms with Gasteiger partial charge in [-0.15, -0.1) is 0 Å². The van der Waals surface area contributed by atoms with E-state index in [9.17, 15) is 4.79 Å². The Balaban J connectivity index is 1.93.